The number of hydrogen-bond donors (Lipinski definition) is 1. The van der Waals surface area contributed by atoms with Gasteiger partial charge in [-0.3, -0.25) is 0 Å². The van der Waals surface area contributed by atoms with Crippen LogP contribution in [0.2, 0.25) is 10.0 Å². The van der Waals surface area contributed by atoms with Gasteiger partial charge in [-0.1, -0.05) is 37.0 Å². The summed E-state index contributed by atoms with van der Waals surface area (Å²) in [5.74, 6) is 1.29. The summed E-state index contributed by atoms with van der Waals surface area (Å²) in [5, 5.41) is 11.8. The maximum atomic E-state index is 10.3. The van der Waals surface area contributed by atoms with Gasteiger partial charge in [0.1, 0.15) is 0 Å². The average molecular weight is 277 g/mol. The Kier molecular flexibility index (Phi) is 3.75. The van der Waals surface area contributed by atoms with Crippen molar-refractivity contribution in [2.75, 3.05) is 0 Å². The van der Waals surface area contributed by atoms with Gasteiger partial charge in [0.05, 0.1) is 6.10 Å². The predicted octanol–water partition coefficient (Wildman–Crippen LogP) is 4.30. The molecular formula is C12H14Cl2OS. The van der Waals surface area contributed by atoms with E-state index in [2.05, 4.69) is 13.8 Å². The largest absolute Gasteiger partial charge is 0.387 e. The van der Waals surface area contributed by atoms with Crippen LogP contribution in [-0.2, 0) is 5.75 Å². The molecular weight excluding hydrogens is 263 g/mol. The molecule has 1 aliphatic rings. The molecule has 1 N–H and O–H groups in total. The number of aliphatic hydroxyl groups is 1. The van der Waals surface area contributed by atoms with Gasteiger partial charge in [0.15, 0.2) is 0 Å². The highest BCUT2D eigenvalue weighted by atomic mass is 35.5. The van der Waals surface area contributed by atoms with Gasteiger partial charge in [0.25, 0.3) is 0 Å². The minimum Gasteiger partial charge on any atom is -0.387 e. The predicted molar refractivity (Wildman–Crippen MR) is 71.3 cm³/mol. The summed E-state index contributed by atoms with van der Waals surface area (Å²) in [6.45, 7) is 4.25. The number of halogens is 2. The minimum absolute atomic E-state index is 0.224. The average Bonchev–Trinajstić information content (AvgIpc) is 2.19. The van der Waals surface area contributed by atoms with E-state index in [1.54, 1.807) is 17.8 Å². The Morgan fingerprint density at radius 1 is 1.38 bits per heavy atom. The molecule has 1 aliphatic heterocycles. The number of thioether (sulfide) groups is 1. The van der Waals surface area contributed by atoms with Crippen molar-refractivity contribution in [1.29, 1.82) is 0 Å². The first-order valence-corrected chi connectivity index (χ1v) is 7.08. The topological polar surface area (TPSA) is 20.2 Å². The number of benzene rings is 1. The molecule has 0 radical (unpaired) electrons. The third-order valence-corrected chi connectivity index (χ3v) is 5.10. The maximum Gasteiger partial charge on any atom is 0.0915 e. The lowest BCUT2D eigenvalue weighted by Crippen LogP contribution is -2.26. The lowest BCUT2D eigenvalue weighted by molar-refractivity contribution is 0.156. The van der Waals surface area contributed by atoms with Gasteiger partial charge in [-0.25, -0.2) is 0 Å². The second kappa shape index (κ2) is 4.77. The monoisotopic (exact) mass is 276 g/mol. The fourth-order valence-corrected chi connectivity index (χ4v) is 4.09. The first-order chi connectivity index (χ1) is 7.50. The molecule has 1 aromatic rings. The van der Waals surface area contributed by atoms with E-state index in [0.717, 1.165) is 16.9 Å². The Hall–Kier alpha value is 0.110. The van der Waals surface area contributed by atoms with Crippen LogP contribution in [0.5, 0.6) is 0 Å². The summed E-state index contributed by atoms with van der Waals surface area (Å²) in [5.41, 5.74) is 1.93. The van der Waals surface area contributed by atoms with E-state index in [1.807, 2.05) is 6.07 Å². The Labute approximate surface area is 110 Å². The van der Waals surface area contributed by atoms with Gasteiger partial charge in [0, 0.05) is 21.0 Å². The Bertz CT molecular complexity index is 406. The van der Waals surface area contributed by atoms with Gasteiger partial charge in [0.2, 0.25) is 0 Å². The summed E-state index contributed by atoms with van der Waals surface area (Å²) < 4.78 is 0. The van der Waals surface area contributed by atoms with Crippen LogP contribution >= 0.6 is 35.0 Å². The molecule has 0 fully saturated rings. The van der Waals surface area contributed by atoms with E-state index in [1.165, 1.54) is 0 Å². The number of rotatable bonds is 1. The highest BCUT2D eigenvalue weighted by Crippen LogP contribution is 2.44. The lowest BCUT2D eigenvalue weighted by atomic mass is 9.95. The quantitative estimate of drug-likeness (QED) is 0.826. The first-order valence-electron chi connectivity index (χ1n) is 5.28. The standard InChI is InChI=1S/C12H14Cl2OS/c1-6(2)12-11(15)8-3-7(13)4-10(14)9(8)5-16-12/h3-4,6,11-12,15H,5H2,1-2H3. The van der Waals surface area contributed by atoms with Crippen LogP contribution < -0.4 is 0 Å². The molecule has 0 saturated heterocycles. The van der Waals surface area contributed by atoms with E-state index in [0.29, 0.717) is 16.0 Å². The fourth-order valence-electron chi connectivity index (χ4n) is 2.04. The fraction of sp³-hybridized carbons (Fsp3) is 0.500. The second-order valence-electron chi connectivity index (χ2n) is 4.42. The van der Waals surface area contributed by atoms with E-state index in [4.69, 9.17) is 23.2 Å². The van der Waals surface area contributed by atoms with Gasteiger partial charge in [-0.15, -0.1) is 0 Å². The number of fused-ring (bicyclic) bond motifs is 1. The molecule has 88 valence electrons. The molecule has 1 aromatic carbocycles. The SMILES string of the molecule is CC(C)C1SCc2c(Cl)cc(Cl)cc2C1O. The molecule has 0 bridgehead atoms. The van der Waals surface area contributed by atoms with Gasteiger partial charge >= 0.3 is 0 Å². The van der Waals surface area contributed by atoms with Gasteiger partial charge in [-0.05, 0) is 29.2 Å². The summed E-state index contributed by atoms with van der Waals surface area (Å²) in [6.07, 6.45) is -0.468. The molecule has 0 aromatic heterocycles. The number of hydrogen-bond acceptors (Lipinski definition) is 2. The summed E-state index contributed by atoms with van der Waals surface area (Å²) in [7, 11) is 0. The second-order valence-corrected chi connectivity index (χ2v) is 6.43. The summed E-state index contributed by atoms with van der Waals surface area (Å²) in [6, 6.07) is 3.58. The van der Waals surface area contributed by atoms with Crippen molar-refractivity contribution in [1.82, 2.24) is 0 Å². The van der Waals surface area contributed by atoms with Crippen molar-refractivity contribution in [3.63, 3.8) is 0 Å². The third-order valence-electron chi connectivity index (χ3n) is 2.90. The first kappa shape index (κ1) is 12.6. The molecule has 0 aliphatic carbocycles. The Morgan fingerprint density at radius 2 is 2.06 bits per heavy atom. The summed E-state index contributed by atoms with van der Waals surface area (Å²) in [4.78, 5) is 0. The van der Waals surface area contributed by atoms with Crippen LogP contribution in [0.1, 0.15) is 31.1 Å². The molecule has 0 saturated carbocycles. The molecule has 1 heterocycles. The van der Waals surface area contributed by atoms with Crippen LogP contribution in [-0.4, -0.2) is 10.4 Å². The molecule has 2 rings (SSSR count). The molecule has 2 atom stereocenters. The zero-order chi connectivity index (χ0) is 11.9. The number of aliphatic hydroxyl groups excluding tert-OH is 1. The van der Waals surface area contributed by atoms with Crippen LogP contribution in [0.4, 0.5) is 0 Å². The molecule has 0 spiro atoms. The van der Waals surface area contributed by atoms with Crippen molar-refractivity contribution in [3.8, 4) is 0 Å². The molecule has 0 amide bonds. The van der Waals surface area contributed by atoms with Crippen LogP contribution in [0, 0.1) is 5.92 Å². The molecule has 4 heteroatoms. The van der Waals surface area contributed by atoms with Crippen LogP contribution in [0.15, 0.2) is 12.1 Å². The normalized spacial score (nSPS) is 24.6. The van der Waals surface area contributed by atoms with Gasteiger partial charge in [-0.2, -0.15) is 11.8 Å². The van der Waals surface area contributed by atoms with E-state index < -0.39 is 6.10 Å². The molecule has 1 nitrogen and oxygen atoms in total. The highest BCUT2D eigenvalue weighted by Gasteiger charge is 2.31. The van der Waals surface area contributed by atoms with Crippen molar-refractivity contribution >= 4 is 35.0 Å². The summed E-state index contributed by atoms with van der Waals surface area (Å²) >= 11 is 13.9. The van der Waals surface area contributed by atoms with E-state index in [9.17, 15) is 5.11 Å². The zero-order valence-electron chi connectivity index (χ0n) is 9.21. The third kappa shape index (κ3) is 2.21. The zero-order valence-corrected chi connectivity index (χ0v) is 11.5. The smallest absolute Gasteiger partial charge is 0.0915 e. The van der Waals surface area contributed by atoms with Crippen molar-refractivity contribution in [2.24, 2.45) is 5.92 Å². The molecule has 16 heavy (non-hydrogen) atoms. The van der Waals surface area contributed by atoms with E-state index >= 15 is 0 Å². The molecule has 2 unspecified atom stereocenters. The van der Waals surface area contributed by atoms with Crippen molar-refractivity contribution < 1.29 is 5.11 Å². The minimum atomic E-state index is -0.468. The van der Waals surface area contributed by atoms with E-state index in [-0.39, 0.29) is 5.25 Å². The Morgan fingerprint density at radius 3 is 2.69 bits per heavy atom. The van der Waals surface area contributed by atoms with Crippen molar-refractivity contribution in [2.45, 2.75) is 31.0 Å². The van der Waals surface area contributed by atoms with Crippen LogP contribution in [0.25, 0.3) is 0 Å². The maximum absolute atomic E-state index is 10.3. The Balaban J connectivity index is 2.44. The highest BCUT2D eigenvalue weighted by molar-refractivity contribution is 7.99. The van der Waals surface area contributed by atoms with Crippen LogP contribution in [0.3, 0.4) is 0 Å². The van der Waals surface area contributed by atoms with Crippen molar-refractivity contribution in [3.05, 3.63) is 33.3 Å². The van der Waals surface area contributed by atoms with Gasteiger partial charge < -0.3 is 5.11 Å². The lowest BCUT2D eigenvalue weighted by Gasteiger charge is -2.32.